The van der Waals surface area contributed by atoms with Gasteiger partial charge in [0.2, 0.25) is 15.9 Å². The second kappa shape index (κ2) is 14.1. The van der Waals surface area contributed by atoms with Gasteiger partial charge in [0.05, 0.1) is 37.6 Å². The molecule has 0 saturated carbocycles. The van der Waals surface area contributed by atoms with Crippen LogP contribution in [0.2, 0.25) is 0 Å². The van der Waals surface area contributed by atoms with E-state index in [1.54, 1.807) is 61.4 Å². The number of amides is 3. The molecule has 0 fully saturated rings. The molecule has 11 nitrogen and oxygen atoms in total. The van der Waals surface area contributed by atoms with Crippen LogP contribution in [0.25, 0.3) is 0 Å². The number of halogens is 1. The van der Waals surface area contributed by atoms with E-state index in [4.69, 9.17) is 9.47 Å². The third kappa shape index (κ3) is 7.84. The lowest BCUT2D eigenvalue weighted by molar-refractivity contribution is -0.134. The molecule has 0 unspecified atom stereocenters. The van der Waals surface area contributed by atoms with Gasteiger partial charge in [0.1, 0.15) is 23.4 Å². The number of carbonyl (C=O) groups excluding carboxylic acids is 2. The minimum Gasteiger partial charge on any atom is -0.497 e. The van der Waals surface area contributed by atoms with Crippen LogP contribution in [0.3, 0.4) is 0 Å². The van der Waals surface area contributed by atoms with Gasteiger partial charge in [0.15, 0.2) is 0 Å². The number of methoxy groups -OCH3 is 1. The highest BCUT2D eigenvalue weighted by Gasteiger charge is 2.33. The molecule has 0 saturated heterocycles. The van der Waals surface area contributed by atoms with E-state index in [0.717, 1.165) is 16.4 Å². The molecule has 0 spiro atoms. The number of fused-ring (bicyclic) bond motifs is 1. The maximum absolute atomic E-state index is 13.5. The fourth-order valence-electron chi connectivity index (χ4n) is 4.83. The summed E-state index contributed by atoms with van der Waals surface area (Å²) < 4.78 is 52.6. The molecule has 4 rings (SSSR count). The minimum absolute atomic E-state index is 0.0631. The highest BCUT2D eigenvalue weighted by molar-refractivity contribution is 7.89. The number of likely N-dealkylation sites (N-methyl/N-ethyl adjacent to an activating group) is 1. The van der Waals surface area contributed by atoms with Crippen LogP contribution in [0, 0.1) is 11.7 Å². The van der Waals surface area contributed by atoms with E-state index in [1.807, 2.05) is 6.92 Å². The van der Waals surface area contributed by atoms with Crippen LogP contribution >= 0.6 is 0 Å². The topological polar surface area (TPSA) is 138 Å². The smallest absolute Gasteiger partial charge is 0.323 e. The van der Waals surface area contributed by atoms with Crippen molar-refractivity contribution in [3.63, 3.8) is 0 Å². The number of aliphatic hydroxyl groups excluding tert-OH is 1. The molecule has 0 aromatic heterocycles. The summed E-state index contributed by atoms with van der Waals surface area (Å²) in [4.78, 5) is 27.7. The second-order valence-electron chi connectivity index (χ2n) is 10.8. The van der Waals surface area contributed by atoms with Crippen molar-refractivity contribution in [3.8, 4) is 11.5 Å². The first kappa shape index (κ1) is 32.7. The molecule has 3 aromatic rings. The van der Waals surface area contributed by atoms with E-state index in [1.165, 1.54) is 19.2 Å². The molecule has 0 bridgehead atoms. The fraction of sp³-hybridized carbons (Fsp3) is 0.355. The molecule has 0 radical (unpaired) electrons. The quantitative estimate of drug-likeness (QED) is 0.326. The zero-order valence-electron chi connectivity index (χ0n) is 25.0. The van der Waals surface area contributed by atoms with Crippen molar-refractivity contribution in [1.29, 1.82) is 0 Å². The number of anilines is 2. The average Bonchev–Trinajstić information content (AvgIpc) is 3.04. The minimum atomic E-state index is -3.98. The van der Waals surface area contributed by atoms with E-state index in [-0.39, 0.29) is 42.8 Å². The van der Waals surface area contributed by atoms with Crippen molar-refractivity contribution >= 4 is 33.3 Å². The molecular formula is C31H37FN4O7S. The third-order valence-electron chi connectivity index (χ3n) is 7.48. The van der Waals surface area contributed by atoms with Gasteiger partial charge in [-0.3, -0.25) is 4.79 Å². The van der Waals surface area contributed by atoms with Crippen LogP contribution in [0.4, 0.5) is 20.6 Å². The van der Waals surface area contributed by atoms with Gasteiger partial charge in [-0.2, -0.15) is 4.31 Å². The van der Waals surface area contributed by atoms with Crippen molar-refractivity contribution in [1.82, 2.24) is 9.21 Å². The van der Waals surface area contributed by atoms with Gasteiger partial charge in [-0.05, 0) is 73.7 Å². The van der Waals surface area contributed by atoms with Crippen molar-refractivity contribution in [2.75, 3.05) is 44.5 Å². The zero-order valence-corrected chi connectivity index (χ0v) is 25.8. The van der Waals surface area contributed by atoms with Gasteiger partial charge in [0, 0.05) is 36.4 Å². The Hall–Kier alpha value is -4.20. The normalized spacial score (nSPS) is 17.9. The van der Waals surface area contributed by atoms with Gasteiger partial charge < -0.3 is 30.1 Å². The number of nitrogens with zero attached hydrogens (tertiary/aromatic N) is 2. The Morgan fingerprint density at radius 2 is 1.75 bits per heavy atom. The first-order valence-electron chi connectivity index (χ1n) is 14.0. The Kier molecular flexibility index (Phi) is 10.4. The molecule has 44 heavy (non-hydrogen) atoms. The SMILES string of the molecule is COc1ccc(NC(=O)Nc2ccc3c(c2)CC(=O)N([C@H](C)CO)C[C@H](C)[C@@H](CN(C)S(=O)(=O)c2ccc(F)cc2)O3)cc1. The number of carbonyl (C=O) groups is 2. The summed E-state index contributed by atoms with van der Waals surface area (Å²) in [6, 6.07) is 15.3. The number of nitrogens with one attached hydrogen (secondary N) is 2. The zero-order chi connectivity index (χ0) is 32.0. The maximum atomic E-state index is 13.5. The Morgan fingerprint density at radius 3 is 2.39 bits per heavy atom. The summed E-state index contributed by atoms with van der Waals surface area (Å²) in [6.45, 7) is 3.45. The summed E-state index contributed by atoms with van der Waals surface area (Å²) in [7, 11) is -1.02. The molecular weight excluding hydrogens is 591 g/mol. The molecule has 3 aromatic carbocycles. The Labute approximate surface area is 256 Å². The number of hydrogen-bond donors (Lipinski definition) is 3. The lowest BCUT2D eigenvalue weighted by atomic mass is 10.0. The lowest BCUT2D eigenvalue weighted by Crippen LogP contribution is -2.48. The van der Waals surface area contributed by atoms with Gasteiger partial charge in [-0.1, -0.05) is 6.92 Å². The standard InChI is InChI=1S/C31H37FN4O7S/c1-20-17-36(21(2)19-37)30(38)16-22-15-25(34-31(39)33-24-7-10-26(42-4)11-8-24)9-14-28(22)43-29(20)18-35(3)44(40,41)27-12-5-23(32)6-13-27/h5-15,20-21,29,37H,16-19H2,1-4H3,(H2,33,34,39)/t20-,21+,29+/m0/s1. The molecule has 0 aliphatic carbocycles. The van der Waals surface area contributed by atoms with Gasteiger partial charge >= 0.3 is 6.03 Å². The highest BCUT2D eigenvalue weighted by atomic mass is 32.2. The summed E-state index contributed by atoms with van der Waals surface area (Å²) in [5.41, 5.74) is 1.44. The summed E-state index contributed by atoms with van der Waals surface area (Å²) in [5, 5.41) is 15.4. The van der Waals surface area contributed by atoms with Crippen molar-refractivity contribution < 1.29 is 37.0 Å². The van der Waals surface area contributed by atoms with Crippen LogP contribution in [-0.2, 0) is 21.2 Å². The number of rotatable bonds is 9. The predicted molar refractivity (Wildman–Crippen MR) is 164 cm³/mol. The van der Waals surface area contributed by atoms with Crippen LogP contribution in [0.1, 0.15) is 19.4 Å². The molecule has 3 atom stereocenters. The Balaban J connectivity index is 1.60. The van der Waals surface area contributed by atoms with E-state index < -0.39 is 34.0 Å². The molecule has 1 heterocycles. The molecule has 1 aliphatic rings. The van der Waals surface area contributed by atoms with E-state index in [2.05, 4.69) is 10.6 Å². The van der Waals surface area contributed by atoms with Crippen LogP contribution in [0.5, 0.6) is 11.5 Å². The van der Waals surface area contributed by atoms with Gasteiger partial charge in [-0.25, -0.2) is 17.6 Å². The van der Waals surface area contributed by atoms with Gasteiger partial charge in [-0.15, -0.1) is 0 Å². The third-order valence-corrected chi connectivity index (χ3v) is 9.32. The van der Waals surface area contributed by atoms with Crippen LogP contribution in [0.15, 0.2) is 71.6 Å². The largest absolute Gasteiger partial charge is 0.497 e. The van der Waals surface area contributed by atoms with Crippen molar-refractivity contribution in [3.05, 3.63) is 78.1 Å². The number of ether oxygens (including phenoxy) is 2. The molecule has 1 aliphatic heterocycles. The molecule has 236 valence electrons. The maximum Gasteiger partial charge on any atom is 0.323 e. The second-order valence-corrected chi connectivity index (χ2v) is 12.8. The molecule has 3 N–H and O–H groups in total. The Bertz CT molecular complexity index is 1570. The summed E-state index contributed by atoms with van der Waals surface area (Å²) >= 11 is 0. The monoisotopic (exact) mass is 628 g/mol. The lowest BCUT2D eigenvalue weighted by Gasteiger charge is -2.33. The van der Waals surface area contributed by atoms with Crippen molar-refractivity contribution in [2.24, 2.45) is 5.92 Å². The van der Waals surface area contributed by atoms with Crippen molar-refractivity contribution in [2.45, 2.75) is 37.3 Å². The van der Waals surface area contributed by atoms with Crippen LogP contribution < -0.4 is 20.1 Å². The first-order chi connectivity index (χ1) is 20.9. The predicted octanol–water partition coefficient (Wildman–Crippen LogP) is 3.95. The number of aliphatic hydroxyl groups is 1. The van der Waals surface area contributed by atoms with Gasteiger partial charge in [0.25, 0.3) is 0 Å². The first-order valence-corrected chi connectivity index (χ1v) is 15.5. The fourth-order valence-corrected chi connectivity index (χ4v) is 6.01. The Morgan fingerprint density at radius 1 is 1.11 bits per heavy atom. The average molecular weight is 629 g/mol. The molecule has 13 heteroatoms. The number of benzene rings is 3. The number of sulfonamides is 1. The van der Waals surface area contributed by atoms with E-state index in [9.17, 15) is 27.5 Å². The number of urea groups is 1. The van der Waals surface area contributed by atoms with E-state index >= 15 is 0 Å². The number of hydrogen-bond acceptors (Lipinski definition) is 7. The molecule has 3 amide bonds. The van der Waals surface area contributed by atoms with Crippen LogP contribution in [-0.4, -0.2) is 80.7 Å². The highest BCUT2D eigenvalue weighted by Crippen LogP contribution is 2.30. The summed E-state index contributed by atoms with van der Waals surface area (Å²) in [5.74, 6) is -0.142. The van der Waals surface area contributed by atoms with E-state index in [0.29, 0.717) is 28.4 Å². The summed E-state index contributed by atoms with van der Waals surface area (Å²) in [6.07, 6.45) is -0.774.